The van der Waals surface area contributed by atoms with Gasteiger partial charge in [0.05, 0.1) is 0 Å². The van der Waals surface area contributed by atoms with Gasteiger partial charge in [-0.2, -0.15) is 5.10 Å². The van der Waals surface area contributed by atoms with Crippen molar-refractivity contribution in [3.8, 4) is 0 Å². The van der Waals surface area contributed by atoms with Gasteiger partial charge in [-0.1, -0.05) is 0 Å². The number of aromatic nitrogens is 4. The number of hydrogen-bond donors (Lipinski definition) is 1. The fraction of sp³-hybridized carbons (Fsp3) is 0.300. The Hall–Kier alpha value is -1.40. The van der Waals surface area contributed by atoms with Crippen LogP contribution in [0.5, 0.6) is 0 Å². The van der Waals surface area contributed by atoms with Crippen molar-refractivity contribution in [1.82, 2.24) is 19.7 Å². The third-order valence-electron chi connectivity index (χ3n) is 2.15. The van der Waals surface area contributed by atoms with Crippen molar-refractivity contribution in [3.05, 3.63) is 30.2 Å². The van der Waals surface area contributed by atoms with Crippen LogP contribution in [0.2, 0.25) is 0 Å². The molecule has 6 heteroatoms. The maximum atomic E-state index is 5.82. The van der Waals surface area contributed by atoms with Crippen LogP contribution in [0, 0.1) is 0 Å². The Morgan fingerprint density at radius 3 is 2.88 bits per heavy atom. The highest BCUT2D eigenvalue weighted by molar-refractivity contribution is 7.99. The highest BCUT2D eigenvalue weighted by Gasteiger charge is 2.06. The van der Waals surface area contributed by atoms with Crippen LogP contribution in [-0.4, -0.2) is 19.7 Å². The summed E-state index contributed by atoms with van der Waals surface area (Å²) < 4.78 is 1.71. The zero-order valence-electron chi connectivity index (χ0n) is 9.16. The monoisotopic (exact) mass is 235 g/mol. The average Bonchev–Trinajstić information content (AvgIpc) is 2.65. The molecule has 5 nitrogen and oxygen atoms in total. The molecule has 0 spiro atoms. The third-order valence-corrected chi connectivity index (χ3v) is 3.14. The summed E-state index contributed by atoms with van der Waals surface area (Å²) >= 11 is 1.48. The molecule has 0 radical (unpaired) electrons. The number of pyridine rings is 1. The minimum Gasteiger partial charge on any atom is -0.324 e. The molecule has 0 saturated carbocycles. The molecule has 2 aromatic rings. The Morgan fingerprint density at radius 1 is 1.44 bits per heavy atom. The fourth-order valence-electron chi connectivity index (χ4n) is 1.24. The Kier molecular flexibility index (Phi) is 3.21. The smallest absolute Gasteiger partial charge is 0.192 e. The molecule has 16 heavy (non-hydrogen) atoms. The van der Waals surface area contributed by atoms with E-state index in [1.165, 1.54) is 18.1 Å². The molecular weight excluding hydrogens is 222 g/mol. The Labute approximate surface area is 98.1 Å². The summed E-state index contributed by atoms with van der Waals surface area (Å²) in [6, 6.07) is 3.91. The summed E-state index contributed by atoms with van der Waals surface area (Å²) in [6.45, 7) is 1.95. The molecule has 2 aromatic heterocycles. The highest BCUT2D eigenvalue weighted by Crippen LogP contribution is 2.24. The zero-order valence-corrected chi connectivity index (χ0v) is 9.98. The van der Waals surface area contributed by atoms with Gasteiger partial charge in [0.1, 0.15) is 11.4 Å². The van der Waals surface area contributed by atoms with Gasteiger partial charge in [-0.15, -0.1) is 0 Å². The van der Waals surface area contributed by atoms with Crippen LogP contribution in [0.1, 0.15) is 18.5 Å². The molecule has 0 aromatic carbocycles. The molecule has 0 aliphatic rings. The largest absolute Gasteiger partial charge is 0.324 e. The van der Waals surface area contributed by atoms with Gasteiger partial charge in [-0.05, 0) is 36.4 Å². The van der Waals surface area contributed by atoms with E-state index in [4.69, 9.17) is 5.73 Å². The topological polar surface area (TPSA) is 69.6 Å². The van der Waals surface area contributed by atoms with E-state index in [2.05, 4.69) is 15.1 Å². The Morgan fingerprint density at radius 2 is 2.25 bits per heavy atom. The third kappa shape index (κ3) is 2.40. The van der Waals surface area contributed by atoms with Crippen LogP contribution in [0.3, 0.4) is 0 Å². The lowest BCUT2D eigenvalue weighted by Crippen LogP contribution is -2.05. The van der Waals surface area contributed by atoms with Crippen LogP contribution in [0.25, 0.3) is 0 Å². The van der Waals surface area contributed by atoms with Crippen molar-refractivity contribution < 1.29 is 0 Å². The molecule has 0 aliphatic heterocycles. The average molecular weight is 235 g/mol. The van der Waals surface area contributed by atoms with E-state index in [9.17, 15) is 0 Å². The Balaban J connectivity index is 2.22. The van der Waals surface area contributed by atoms with Crippen molar-refractivity contribution in [1.29, 1.82) is 0 Å². The predicted molar refractivity (Wildman–Crippen MR) is 62.0 cm³/mol. The van der Waals surface area contributed by atoms with Gasteiger partial charge in [-0.3, -0.25) is 0 Å². The van der Waals surface area contributed by atoms with Gasteiger partial charge in [0.2, 0.25) is 0 Å². The molecule has 0 aliphatic carbocycles. The first-order valence-electron chi connectivity index (χ1n) is 4.90. The second-order valence-electron chi connectivity index (χ2n) is 3.48. The molecule has 1 atom stereocenters. The molecule has 2 N–H and O–H groups in total. The fourth-order valence-corrected chi connectivity index (χ4v) is 2.01. The van der Waals surface area contributed by atoms with E-state index in [-0.39, 0.29) is 6.04 Å². The summed E-state index contributed by atoms with van der Waals surface area (Å²) in [6.07, 6.45) is 3.29. The van der Waals surface area contributed by atoms with E-state index in [1.807, 2.05) is 26.1 Å². The van der Waals surface area contributed by atoms with Gasteiger partial charge < -0.3 is 5.73 Å². The second-order valence-corrected chi connectivity index (χ2v) is 4.47. The minimum atomic E-state index is 0.0156. The van der Waals surface area contributed by atoms with Crippen molar-refractivity contribution in [3.63, 3.8) is 0 Å². The number of hydrogen-bond acceptors (Lipinski definition) is 5. The van der Waals surface area contributed by atoms with Crippen molar-refractivity contribution in [2.75, 3.05) is 0 Å². The summed E-state index contributed by atoms with van der Waals surface area (Å²) in [5, 5.41) is 5.70. The number of rotatable bonds is 3. The maximum absolute atomic E-state index is 5.82. The quantitative estimate of drug-likeness (QED) is 0.870. The molecule has 0 bridgehead atoms. The maximum Gasteiger partial charge on any atom is 0.192 e. The zero-order chi connectivity index (χ0) is 11.5. The molecule has 1 unspecified atom stereocenters. The van der Waals surface area contributed by atoms with E-state index in [1.54, 1.807) is 10.9 Å². The molecule has 0 amide bonds. The summed E-state index contributed by atoms with van der Waals surface area (Å²) in [5.41, 5.74) is 6.88. The van der Waals surface area contributed by atoms with Crippen LogP contribution < -0.4 is 5.73 Å². The lowest BCUT2D eigenvalue weighted by molar-refractivity contribution is 0.684. The number of nitrogens with two attached hydrogens (primary N) is 1. The van der Waals surface area contributed by atoms with E-state index >= 15 is 0 Å². The summed E-state index contributed by atoms with van der Waals surface area (Å²) in [7, 11) is 1.85. The first-order chi connectivity index (χ1) is 7.66. The standard InChI is InChI=1S/C10H13N5S/c1-7(11)8-3-4-12-9(5-8)16-10-13-6-14-15(10)2/h3-7H,11H2,1-2H3. The Bertz CT molecular complexity index is 480. The van der Waals surface area contributed by atoms with Crippen LogP contribution in [0.15, 0.2) is 34.8 Å². The van der Waals surface area contributed by atoms with Crippen molar-refractivity contribution in [2.45, 2.75) is 23.1 Å². The predicted octanol–water partition coefficient (Wildman–Crippen LogP) is 1.38. The van der Waals surface area contributed by atoms with Crippen molar-refractivity contribution >= 4 is 11.8 Å². The molecule has 0 fully saturated rings. The molecule has 84 valence electrons. The molecular formula is C10H13N5S. The van der Waals surface area contributed by atoms with Crippen LogP contribution in [0.4, 0.5) is 0 Å². The second kappa shape index (κ2) is 4.63. The molecule has 0 saturated heterocycles. The number of aryl methyl sites for hydroxylation is 1. The minimum absolute atomic E-state index is 0.0156. The van der Waals surface area contributed by atoms with Crippen LogP contribution in [-0.2, 0) is 7.05 Å². The normalized spacial score (nSPS) is 12.7. The molecule has 2 heterocycles. The first kappa shape index (κ1) is 11.1. The van der Waals surface area contributed by atoms with Gasteiger partial charge in [-0.25, -0.2) is 14.6 Å². The van der Waals surface area contributed by atoms with Crippen LogP contribution >= 0.6 is 11.8 Å². The lowest BCUT2D eigenvalue weighted by Gasteiger charge is -2.06. The summed E-state index contributed by atoms with van der Waals surface area (Å²) in [4.78, 5) is 8.39. The summed E-state index contributed by atoms with van der Waals surface area (Å²) in [5.74, 6) is 0. The molecule has 2 rings (SSSR count). The van der Waals surface area contributed by atoms with E-state index < -0.39 is 0 Å². The highest BCUT2D eigenvalue weighted by atomic mass is 32.2. The SMILES string of the molecule is CC(N)c1ccnc(Sc2ncnn2C)c1. The van der Waals surface area contributed by atoms with Gasteiger partial charge in [0.15, 0.2) is 5.16 Å². The van der Waals surface area contributed by atoms with Crippen molar-refractivity contribution in [2.24, 2.45) is 12.8 Å². The number of nitrogens with zero attached hydrogens (tertiary/aromatic N) is 4. The first-order valence-corrected chi connectivity index (χ1v) is 5.72. The van der Waals surface area contributed by atoms with E-state index in [0.29, 0.717) is 0 Å². The van der Waals surface area contributed by atoms with E-state index in [0.717, 1.165) is 15.7 Å². The van der Waals surface area contributed by atoms with Gasteiger partial charge in [0.25, 0.3) is 0 Å². The van der Waals surface area contributed by atoms with Gasteiger partial charge in [0, 0.05) is 19.3 Å². The lowest BCUT2D eigenvalue weighted by atomic mass is 10.1. The van der Waals surface area contributed by atoms with Gasteiger partial charge >= 0.3 is 0 Å².